The van der Waals surface area contributed by atoms with Gasteiger partial charge >= 0.3 is 12.3 Å². The summed E-state index contributed by atoms with van der Waals surface area (Å²) in [6.45, 7) is -1.12. The fourth-order valence-electron chi connectivity index (χ4n) is 2.63. The number of hydrogen-bond acceptors (Lipinski definition) is 4. The van der Waals surface area contributed by atoms with Crippen molar-refractivity contribution in [2.45, 2.75) is 11.8 Å². The third kappa shape index (κ3) is 3.47. The fourth-order valence-corrected chi connectivity index (χ4v) is 2.80. The number of pyridine rings is 1. The molecule has 3 N–H and O–H groups in total. The third-order valence-corrected chi connectivity index (χ3v) is 4.12. The number of alkyl halides is 3. The second kappa shape index (κ2) is 6.62. The van der Waals surface area contributed by atoms with Crippen LogP contribution in [0.15, 0.2) is 41.2 Å². The lowest BCUT2D eigenvalue weighted by Crippen LogP contribution is -2.56. The molecule has 1 aliphatic rings. The minimum absolute atomic E-state index is 0.0131. The first-order chi connectivity index (χ1) is 12.6. The predicted molar refractivity (Wildman–Crippen MR) is 88.7 cm³/mol. The van der Waals surface area contributed by atoms with Gasteiger partial charge in [0.15, 0.2) is 0 Å². The Labute approximate surface area is 154 Å². The summed E-state index contributed by atoms with van der Waals surface area (Å²) in [5.74, 6) is -0.977. The minimum atomic E-state index is -5.07. The number of rotatable bonds is 3. The summed E-state index contributed by atoms with van der Waals surface area (Å²) in [7, 11) is 0. The van der Waals surface area contributed by atoms with Gasteiger partial charge < -0.3 is 15.0 Å². The van der Waals surface area contributed by atoms with E-state index in [1.54, 1.807) is 0 Å². The summed E-state index contributed by atoms with van der Waals surface area (Å²) in [6, 6.07) is 7.14. The van der Waals surface area contributed by atoms with Gasteiger partial charge in [-0.1, -0.05) is 17.7 Å². The van der Waals surface area contributed by atoms with Crippen molar-refractivity contribution in [3.63, 3.8) is 0 Å². The predicted octanol–water partition coefficient (Wildman–Crippen LogP) is 2.78. The van der Waals surface area contributed by atoms with Crippen LogP contribution in [-0.2, 0) is 10.3 Å². The minimum Gasteiger partial charge on any atom is -0.426 e. The van der Waals surface area contributed by atoms with E-state index in [2.05, 4.69) is 15.0 Å². The molecule has 1 unspecified atom stereocenters. The summed E-state index contributed by atoms with van der Waals surface area (Å²) >= 11 is 5.80. The van der Waals surface area contributed by atoms with Crippen LogP contribution in [0.2, 0.25) is 5.02 Å². The molecule has 0 bridgehead atoms. The van der Waals surface area contributed by atoms with E-state index >= 15 is 0 Å². The maximum Gasteiger partial charge on any atom is 0.434 e. The lowest BCUT2D eigenvalue weighted by atomic mass is 9.89. The molecule has 0 spiro atoms. The third-order valence-electron chi connectivity index (χ3n) is 3.89. The molecular weight excluding hydrogens is 391 g/mol. The molecule has 11 heteroatoms. The van der Waals surface area contributed by atoms with E-state index < -0.39 is 41.4 Å². The van der Waals surface area contributed by atoms with Crippen LogP contribution in [0.4, 0.5) is 23.7 Å². The van der Waals surface area contributed by atoms with Crippen molar-refractivity contribution in [3.05, 3.63) is 63.0 Å². The summed E-state index contributed by atoms with van der Waals surface area (Å²) in [5.41, 5.74) is -4.59. The average molecular weight is 402 g/mol. The van der Waals surface area contributed by atoms with Crippen LogP contribution >= 0.6 is 11.6 Å². The first-order valence-electron chi connectivity index (χ1n) is 7.47. The van der Waals surface area contributed by atoms with Gasteiger partial charge in [0.05, 0.1) is 12.2 Å². The lowest BCUT2D eigenvalue weighted by molar-refractivity contribution is -0.261. The monoisotopic (exact) mass is 401 g/mol. The van der Waals surface area contributed by atoms with Gasteiger partial charge in [0, 0.05) is 16.7 Å². The van der Waals surface area contributed by atoms with Crippen LogP contribution in [0.3, 0.4) is 0 Å². The van der Waals surface area contributed by atoms with Crippen LogP contribution in [0.25, 0.3) is 0 Å². The van der Waals surface area contributed by atoms with Crippen molar-refractivity contribution in [1.82, 2.24) is 10.3 Å². The second-order valence-corrected chi connectivity index (χ2v) is 6.08. The van der Waals surface area contributed by atoms with Gasteiger partial charge in [0.25, 0.3) is 11.5 Å². The van der Waals surface area contributed by atoms with Gasteiger partial charge in [-0.15, -0.1) is 0 Å². The van der Waals surface area contributed by atoms with E-state index in [0.717, 1.165) is 12.1 Å². The summed E-state index contributed by atoms with van der Waals surface area (Å²) in [5, 5.41) is 4.19. The quantitative estimate of drug-likeness (QED) is 0.736. The second-order valence-electron chi connectivity index (χ2n) is 5.64. The van der Waals surface area contributed by atoms with Crippen molar-refractivity contribution < 1.29 is 27.5 Å². The largest absolute Gasteiger partial charge is 0.434 e. The van der Waals surface area contributed by atoms with Gasteiger partial charge in [-0.05, 0) is 24.3 Å². The highest BCUT2D eigenvalue weighted by Crippen LogP contribution is 2.47. The molecule has 0 saturated carbocycles. The zero-order valence-electron chi connectivity index (χ0n) is 13.3. The lowest BCUT2D eigenvalue weighted by Gasteiger charge is -2.39. The van der Waals surface area contributed by atoms with E-state index in [1.165, 1.54) is 24.3 Å². The van der Waals surface area contributed by atoms with E-state index in [4.69, 9.17) is 11.6 Å². The Bertz CT molecular complexity index is 976. The van der Waals surface area contributed by atoms with Crippen LogP contribution < -0.4 is 16.2 Å². The molecular formula is C16H11ClF3N3O4. The van der Waals surface area contributed by atoms with Gasteiger partial charge in [-0.2, -0.15) is 13.2 Å². The molecule has 142 valence electrons. The number of ether oxygens (including phenoxy) is 1. The van der Waals surface area contributed by atoms with Crippen molar-refractivity contribution in [2.24, 2.45) is 0 Å². The Morgan fingerprint density at radius 1 is 1.22 bits per heavy atom. The van der Waals surface area contributed by atoms with Crippen molar-refractivity contribution in [2.75, 3.05) is 11.9 Å². The summed E-state index contributed by atoms with van der Waals surface area (Å²) in [4.78, 5) is 37.3. The average Bonchev–Trinajstić information content (AvgIpc) is 2.58. The van der Waals surface area contributed by atoms with Gasteiger partial charge in [-0.3, -0.25) is 14.9 Å². The normalized spacial score (nSPS) is 18.9. The first kappa shape index (κ1) is 18.8. The SMILES string of the molecule is O=C1Nc2ccc(Cl)cc2C(CNC(=O)c2cccc(=O)[nH]2)(C(F)(F)F)O1. The van der Waals surface area contributed by atoms with Crippen molar-refractivity contribution in [1.29, 1.82) is 0 Å². The molecule has 2 amide bonds. The van der Waals surface area contributed by atoms with Gasteiger partial charge in [0.1, 0.15) is 5.69 Å². The molecule has 1 aliphatic heterocycles. The zero-order valence-corrected chi connectivity index (χ0v) is 14.1. The maximum atomic E-state index is 13.9. The molecule has 0 saturated heterocycles. The van der Waals surface area contributed by atoms with Crippen LogP contribution in [0, 0.1) is 0 Å². The molecule has 2 aromatic rings. The van der Waals surface area contributed by atoms with E-state index in [-0.39, 0.29) is 16.4 Å². The zero-order chi connectivity index (χ0) is 19.8. The number of carbonyl (C=O) groups excluding carboxylic acids is 2. The summed E-state index contributed by atoms with van der Waals surface area (Å²) in [6.07, 6.45) is -6.40. The van der Waals surface area contributed by atoms with E-state index in [9.17, 15) is 27.6 Å². The molecule has 1 aromatic heterocycles. The molecule has 0 radical (unpaired) electrons. The Kier molecular flexibility index (Phi) is 4.60. The topological polar surface area (TPSA) is 100 Å². The Balaban J connectivity index is 2.00. The number of aromatic amines is 1. The number of anilines is 1. The van der Waals surface area contributed by atoms with Gasteiger partial charge in [0.2, 0.25) is 5.56 Å². The molecule has 27 heavy (non-hydrogen) atoms. The number of carbonyl (C=O) groups is 2. The number of amides is 2. The fraction of sp³-hybridized carbons (Fsp3) is 0.188. The Morgan fingerprint density at radius 3 is 2.63 bits per heavy atom. The molecule has 2 heterocycles. The standard InChI is InChI=1S/C16H11ClF3N3O4/c17-8-4-5-10-9(6-8)15(16(18,19)20,27-14(26)23-10)7-21-13(25)11-2-1-3-12(24)22-11/h1-6H,7H2,(H,21,25)(H,22,24)(H,23,26). The molecule has 7 nitrogen and oxygen atoms in total. The number of nitrogens with one attached hydrogen (secondary N) is 3. The Hall–Kier alpha value is -3.01. The number of aromatic nitrogens is 1. The number of cyclic esters (lactones) is 1. The molecule has 0 fully saturated rings. The molecule has 1 aromatic carbocycles. The molecule has 3 rings (SSSR count). The molecule has 1 atom stereocenters. The number of fused-ring (bicyclic) bond motifs is 1. The Morgan fingerprint density at radius 2 is 1.96 bits per heavy atom. The van der Waals surface area contributed by atoms with Crippen molar-refractivity contribution >= 4 is 29.3 Å². The van der Waals surface area contributed by atoms with Gasteiger partial charge in [-0.25, -0.2) is 4.79 Å². The molecule has 0 aliphatic carbocycles. The maximum absolute atomic E-state index is 13.9. The van der Waals surface area contributed by atoms with Crippen LogP contribution in [0.1, 0.15) is 16.1 Å². The number of hydrogen-bond donors (Lipinski definition) is 3. The highest BCUT2D eigenvalue weighted by molar-refractivity contribution is 6.30. The van der Waals surface area contributed by atoms with Crippen LogP contribution in [0.5, 0.6) is 0 Å². The number of halogens is 4. The van der Waals surface area contributed by atoms with Crippen molar-refractivity contribution in [3.8, 4) is 0 Å². The number of benzene rings is 1. The highest BCUT2D eigenvalue weighted by atomic mass is 35.5. The first-order valence-corrected chi connectivity index (χ1v) is 7.84. The van der Waals surface area contributed by atoms with E-state index in [0.29, 0.717) is 0 Å². The van der Waals surface area contributed by atoms with Crippen LogP contribution in [-0.4, -0.2) is 29.7 Å². The highest BCUT2D eigenvalue weighted by Gasteiger charge is 2.62. The number of H-pyrrole nitrogens is 1. The smallest absolute Gasteiger partial charge is 0.426 e. The van der Waals surface area contributed by atoms with E-state index in [1.807, 2.05) is 5.32 Å². The summed E-state index contributed by atoms with van der Waals surface area (Å²) < 4.78 is 46.4.